The van der Waals surface area contributed by atoms with Gasteiger partial charge < -0.3 is 19.9 Å². The van der Waals surface area contributed by atoms with Crippen LogP contribution in [0.4, 0.5) is 10.1 Å². The van der Waals surface area contributed by atoms with E-state index in [1.807, 2.05) is 6.92 Å². The maximum Gasteiger partial charge on any atom is 0.338 e. The Balaban J connectivity index is 1.59. The molecule has 0 radical (unpaired) electrons. The molecule has 0 aliphatic carbocycles. The Hall–Kier alpha value is -3.73. The number of benzene rings is 2. The number of hydrogen-bond acceptors (Lipinski definition) is 7. The van der Waals surface area contributed by atoms with Gasteiger partial charge >= 0.3 is 5.97 Å². The van der Waals surface area contributed by atoms with E-state index in [0.717, 1.165) is 0 Å². The van der Waals surface area contributed by atoms with Gasteiger partial charge in [0.1, 0.15) is 5.82 Å². The third kappa shape index (κ3) is 6.66. The summed E-state index contributed by atoms with van der Waals surface area (Å²) in [6.45, 7) is 6.16. The van der Waals surface area contributed by atoms with Gasteiger partial charge in [-0.15, -0.1) is 10.2 Å². The first kappa shape index (κ1) is 25.9. The molecular weight excluding hydrogens is 473 g/mol. The molecule has 9 nitrogen and oxygen atoms in total. The van der Waals surface area contributed by atoms with Crippen molar-refractivity contribution in [2.75, 3.05) is 17.7 Å². The Morgan fingerprint density at radius 1 is 1.09 bits per heavy atom. The molecule has 0 unspecified atom stereocenters. The first-order valence-corrected chi connectivity index (χ1v) is 12.0. The maximum atomic E-state index is 13.9. The quantitative estimate of drug-likeness (QED) is 0.322. The van der Waals surface area contributed by atoms with E-state index in [4.69, 9.17) is 4.74 Å². The van der Waals surface area contributed by atoms with Crippen LogP contribution >= 0.6 is 11.8 Å². The summed E-state index contributed by atoms with van der Waals surface area (Å²) in [5.74, 6) is -1.26. The minimum Gasteiger partial charge on any atom is -0.462 e. The fourth-order valence-corrected chi connectivity index (χ4v) is 4.05. The smallest absolute Gasteiger partial charge is 0.338 e. The van der Waals surface area contributed by atoms with Crippen LogP contribution in [0.15, 0.2) is 53.7 Å². The van der Waals surface area contributed by atoms with E-state index in [-0.39, 0.29) is 23.8 Å². The van der Waals surface area contributed by atoms with Gasteiger partial charge in [-0.05, 0) is 57.2 Å². The van der Waals surface area contributed by atoms with Gasteiger partial charge in [0.05, 0.1) is 29.5 Å². The fraction of sp³-hybridized carbons (Fsp3) is 0.292. The standard InChI is InChI=1S/C24H26FN5O4S/c1-4-30-21(15(3)26-22(32)18-8-6-7-9-19(18)25)28-29-24(30)35-14-20(31)27-17-12-10-16(11-13-17)23(33)34-5-2/h6-13,15H,4-5,14H2,1-3H3,(H,26,32)(H,27,31)/t15-/m0/s1. The molecule has 2 amide bonds. The predicted octanol–water partition coefficient (Wildman–Crippen LogP) is 3.84. The number of hydrogen-bond donors (Lipinski definition) is 2. The second-order valence-electron chi connectivity index (χ2n) is 7.39. The number of ether oxygens (including phenoxy) is 1. The van der Waals surface area contributed by atoms with Gasteiger partial charge in [0.25, 0.3) is 5.91 Å². The lowest BCUT2D eigenvalue weighted by molar-refractivity contribution is -0.113. The first-order valence-electron chi connectivity index (χ1n) is 11.0. The molecule has 0 spiro atoms. The van der Waals surface area contributed by atoms with Gasteiger partial charge in [-0.25, -0.2) is 9.18 Å². The molecular formula is C24H26FN5O4S. The van der Waals surface area contributed by atoms with Crippen molar-refractivity contribution in [3.63, 3.8) is 0 Å². The molecule has 35 heavy (non-hydrogen) atoms. The van der Waals surface area contributed by atoms with Crippen molar-refractivity contribution in [1.82, 2.24) is 20.1 Å². The van der Waals surface area contributed by atoms with Gasteiger partial charge in [-0.3, -0.25) is 9.59 Å². The number of nitrogens with one attached hydrogen (secondary N) is 2. The third-order valence-electron chi connectivity index (χ3n) is 4.93. The molecule has 0 aliphatic rings. The lowest BCUT2D eigenvalue weighted by Crippen LogP contribution is -2.29. The van der Waals surface area contributed by atoms with E-state index in [9.17, 15) is 18.8 Å². The van der Waals surface area contributed by atoms with Gasteiger partial charge in [0.15, 0.2) is 11.0 Å². The van der Waals surface area contributed by atoms with Crippen LogP contribution in [0, 0.1) is 5.82 Å². The zero-order valence-corrected chi connectivity index (χ0v) is 20.4. The number of nitrogens with zero attached hydrogens (tertiary/aromatic N) is 3. The van der Waals surface area contributed by atoms with E-state index >= 15 is 0 Å². The van der Waals surface area contributed by atoms with E-state index in [1.165, 1.54) is 30.0 Å². The summed E-state index contributed by atoms with van der Waals surface area (Å²) in [6.07, 6.45) is 0. The minimum atomic E-state index is -0.605. The van der Waals surface area contributed by atoms with Gasteiger partial charge in [0, 0.05) is 12.2 Å². The Bertz CT molecular complexity index is 1200. The maximum absolute atomic E-state index is 13.9. The number of carbonyl (C=O) groups is 3. The highest BCUT2D eigenvalue weighted by molar-refractivity contribution is 7.99. The van der Waals surface area contributed by atoms with Crippen molar-refractivity contribution >= 4 is 35.2 Å². The molecule has 184 valence electrons. The molecule has 2 aromatic carbocycles. The molecule has 0 saturated carbocycles. The van der Waals surface area contributed by atoms with Gasteiger partial charge in [0.2, 0.25) is 5.91 Å². The summed E-state index contributed by atoms with van der Waals surface area (Å²) < 4.78 is 20.6. The van der Waals surface area contributed by atoms with Crippen LogP contribution in [0.1, 0.15) is 53.4 Å². The van der Waals surface area contributed by atoms with Crippen LogP contribution in [0.2, 0.25) is 0 Å². The monoisotopic (exact) mass is 499 g/mol. The molecule has 1 atom stereocenters. The summed E-state index contributed by atoms with van der Waals surface area (Å²) in [7, 11) is 0. The second-order valence-corrected chi connectivity index (χ2v) is 8.34. The largest absolute Gasteiger partial charge is 0.462 e. The van der Waals surface area contributed by atoms with Crippen molar-refractivity contribution in [2.45, 2.75) is 38.5 Å². The summed E-state index contributed by atoms with van der Waals surface area (Å²) in [5.41, 5.74) is 0.897. The van der Waals surface area contributed by atoms with Crippen molar-refractivity contribution in [2.24, 2.45) is 0 Å². The third-order valence-corrected chi connectivity index (χ3v) is 5.89. The molecule has 11 heteroatoms. The topological polar surface area (TPSA) is 115 Å². The highest BCUT2D eigenvalue weighted by atomic mass is 32.2. The normalized spacial score (nSPS) is 11.5. The highest BCUT2D eigenvalue weighted by Gasteiger charge is 2.21. The van der Waals surface area contributed by atoms with Crippen molar-refractivity contribution < 1.29 is 23.5 Å². The van der Waals surface area contributed by atoms with Crippen LogP contribution in [-0.2, 0) is 16.1 Å². The van der Waals surface area contributed by atoms with Crippen LogP contribution in [0.3, 0.4) is 0 Å². The van der Waals surface area contributed by atoms with E-state index < -0.39 is 23.7 Å². The average Bonchev–Trinajstić information content (AvgIpc) is 3.26. The molecule has 1 heterocycles. The van der Waals surface area contributed by atoms with E-state index in [1.54, 1.807) is 48.7 Å². The molecule has 0 saturated heterocycles. The average molecular weight is 500 g/mol. The highest BCUT2D eigenvalue weighted by Crippen LogP contribution is 2.21. The first-order chi connectivity index (χ1) is 16.8. The molecule has 3 rings (SSSR count). The molecule has 0 bridgehead atoms. The van der Waals surface area contributed by atoms with Crippen LogP contribution in [0.25, 0.3) is 0 Å². The summed E-state index contributed by atoms with van der Waals surface area (Å²) in [5, 5.41) is 14.3. The second kappa shape index (κ2) is 12.1. The Kier molecular flexibility index (Phi) is 8.96. The number of thioether (sulfide) groups is 1. The molecule has 0 fully saturated rings. The SMILES string of the molecule is CCOC(=O)c1ccc(NC(=O)CSc2nnc([C@H](C)NC(=O)c3ccccc3F)n2CC)cc1. The van der Waals surface area contributed by atoms with Crippen LogP contribution in [0.5, 0.6) is 0 Å². The lowest BCUT2D eigenvalue weighted by Gasteiger charge is -2.15. The lowest BCUT2D eigenvalue weighted by atomic mass is 10.2. The van der Waals surface area contributed by atoms with Gasteiger partial charge in [-0.2, -0.15) is 0 Å². The van der Waals surface area contributed by atoms with Crippen LogP contribution in [-0.4, -0.2) is 44.9 Å². The number of rotatable bonds is 10. The molecule has 2 N–H and O–H groups in total. The number of carbonyl (C=O) groups excluding carboxylic acids is 3. The van der Waals surface area contributed by atoms with E-state index in [0.29, 0.717) is 28.8 Å². The van der Waals surface area contributed by atoms with Crippen molar-refractivity contribution in [3.05, 3.63) is 71.3 Å². The Morgan fingerprint density at radius 3 is 2.46 bits per heavy atom. The number of aromatic nitrogens is 3. The van der Waals surface area contributed by atoms with Crippen molar-refractivity contribution in [1.29, 1.82) is 0 Å². The number of esters is 1. The Labute approximate surface area is 206 Å². The zero-order chi connectivity index (χ0) is 25.4. The van der Waals surface area contributed by atoms with E-state index in [2.05, 4.69) is 20.8 Å². The zero-order valence-electron chi connectivity index (χ0n) is 19.6. The minimum absolute atomic E-state index is 0.0523. The fourth-order valence-electron chi connectivity index (χ4n) is 3.24. The van der Waals surface area contributed by atoms with Crippen LogP contribution < -0.4 is 10.6 Å². The summed E-state index contributed by atoms with van der Waals surface area (Å²) in [6, 6.07) is 11.6. The summed E-state index contributed by atoms with van der Waals surface area (Å²) in [4.78, 5) is 36.6. The predicted molar refractivity (Wildman–Crippen MR) is 130 cm³/mol. The molecule has 1 aromatic heterocycles. The molecule has 0 aliphatic heterocycles. The number of amides is 2. The number of anilines is 1. The number of halogens is 1. The summed E-state index contributed by atoms with van der Waals surface area (Å²) >= 11 is 1.20. The van der Waals surface area contributed by atoms with Crippen molar-refractivity contribution in [3.8, 4) is 0 Å². The Morgan fingerprint density at radius 2 is 1.80 bits per heavy atom. The molecule has 3 aromatic rings. The van der Waals surface area contributed by atoms with Gasteiger partial charge in [-0.1, -0.05) is 23.9 Å².